The molecular weight excluding hydrogens is 324 g/mol. The highest BCUT2D eigenvalue weighted by Crippen LogP contribution is 2.08. The molecule has 1 fully saturated rings. The molecule has 25 heavy (non-hydrogen) atoms. The van der Waals surface area contributed by atoms with Gasteiger partial charge in [0.25, 0.3) is 5.91 Å². The third kappa shape index (κ3) is 7.11. The molecule has 1 aliphatic rings. The second-order valence-electron chi connectivity index (χ2n) is 6.83. The summed E-state index contributed by atoms with van der Waals surface area (Å²) >= 11 is 0. The average molecular weight is 350 g/mol. The zero-order valence-corrected chi connectivity index (χ0v) is 15.0. The van der Waals surface area contributed by atoms with E-state index in [2.05, 4.69) is 10.6 Å². The number of carbonyl (C=O) groups is 2. The third-order valence-electron chi connectivity index (χ3n) is 3.43. The summed E-state index contributed by atoms with van der Waals surface area (Å²) in [5.74, 6) is -0.166. The van der Waals surface area contributed by atoms with Gasteiger partial charge in [-0.3, -0.25) is 4.79 Å². The summed E-state index contributed by atoms with van der Waals surface area (Å²) in [5, 5.41) is 5.51. The van der Waals surface area contributed by atoms with Gasteiger partial charge in [-0.2, -0.15) is 0 Å². The van der Waals surface area contributed by atoms with E-state index < -0.39 is 11.7 Å². The summed E-state index contributed by atoms with van der Waals surface area (Å²) in [4.78, 5) is 23.7. The Morgan fingerprint density at radius 1 is 1.16 bits per heavy atom. The van der Waals surface area contributed by atoms with E-state index in [1.165, 1.54) is 0 Å². The Balaban J connectivity index is 1.76. The summed E-state index contributed by atoms with van der Waals surface area (Å²) < 4.78 is 15.9. The summed E-state index contributed by atoms with van der Waals surface area (Å²) in [6, 6.07) is 7.04. The van der Waals surface area contributed by atoms with E-state index in [0.29, 0.717) is 38.5 Å². The standard InChI is InChI=1S/C18H26N2O5/c1-18(2,3)25-17(22)20-10-13-4-6-14(7-5-13)16(21)19-11-15-12-23-8-9-24-15/h4-7,15H,8-12H2,1-3H3,(H,19,21)(H,20,22)/t15-/m0/s1. The van der Waals surface area contributed by atoms with Crippen molar-refractivity contribution < 1.29 is 23.8 Å². The Morgan fingerprint density at radius 2 is 1.88 bits per heavy atom. The molecular formula is C18H26N2O5. The van der Waals surface area contributed by atoms with Crippen LogP contribution in [0.15, 0.2) is 24.3 Å². The van der Waals surface area contributed by atoms with Crippen LogP contribution in [0.4, 0.5) is 4.79 Å². The van der Waals surface area contributed by atoms with Crippen molar-refractivity contribution in [2.45, 2.75) is 39.0 Å². The van der Waals surface area contributed by atoms with Gasteiger partial charge in [0.05, 0.1) is 25.9 Å². The smallest absolute Gasteiger partial charge is 0.407 e. The molecule has 0 radical (unpaired) electrons. The highest BCUT2D eigenvalue weighted by atomic mass is 16.6. The molecule has 138 valence electrons. The van der Waals surface area contributed by atoms with E-state index in [-0.39, 0.29) is 12.0 Å². The number of rotatable bonds is 5. The van der Waals surface area contributed by atoms with Crippen molar-refractivity contribution in [3.05, 3.63) is 35.4 Å². The molecule has 1 atom stereocenters. The Morgan fingerprint density at radius 3 is 2.48 bits per heavy atom. The number of hydrogen-bond donors (Lipinski definition) is 2. The molecule has 1 aromatic rings. The molecule has 7 nitrogen and oxygen atoms in total. The average Bonchev–Trinajstić information content (AvgIpc) is 2.58. The predicted octanol–water partition coefficient (Wildman–Crippen LogP) is 1.86. The maximum absolute atomic E-state index is 12.1. The summed E-state index contributed by atoms with van der Waals surface area (Å²) in [7, 11) is 0. The molecule has 0 aromatic heterocycles. The monoisotopic (exact) mass is 350 g/mol. The SMILES string of the molecule is CC(C)(C)OC(=O)NCc1ccc(C(=O)NC[C@H]2COCCO2)cc1. The molecule has 2 N–H and O–H groups in total. The van der Waals surface area contributed by atoms with E-state index in [4.69, 9.17) is 14.2 Å². The Labute approximate surface area is 148 Å². The van der Waals surface area contributed by atoms with Gasteiger partial charge >= 0.3 is 6.09 Å². The van der Waals surface area contributed by atoms with Crippen LogP contribution in [0.3, 0.4) is 0 Å². The van der Waals surface area contributed by atoms with Gasteiger partial charge in [0, 0.05) is 18.7 Å². The van der Waals surface area contributed by atoms with Crippen molar-refractivity contribution in [1.82, 2.24) is 10.6 Å². The van der Waals surface area contributed by atoms with Crippen molar-refractivity contribution in [3.63, 3.8) is 0 Å². The Kier molecular flexibility index (Phi) is 6.78. The summed E-state index contributed by atoms with van der Waals surface area (Å²) in [6.45, 7) is 7.84. The largest absolute Gasteiger partial charge is 0.444 e. The van der Waals surface area contributed by atoms with Crippen molar-refractivity contribution in [2.75, 3.05) is 26.4 Å². The molecule has 1 aliphatic heterocycles. The van der Waals surface area contributed by atoms with Gasteiger partial charge in [-0.1, -0.05) is 12.1 Å². The van der Waals surface area contributed by atoms with Gasteiger partial charge in [-0.25, -0.2) is 4.79 Å². The van der Waals surface area contributed by atoms with E-state index >= 15 is 0 Å². The molecule has 0 bridgehead atoms. The molecule has 2 amide bonds. The lowest BCUT2D eigenvalue weighted by atomic mass is 10.1. The lowest BCUT2D eigenvalue weighted by Crippen LogP contribution is -2.39. The van der Waals surface area contributed by atoms with Gasteiger partial charge in [-0.05, 0) is 38.5 Å². The number of nitrogens with one attached hydrogen (secondary N) is 2. The number of hydrogen-bond acceptors (Lipinski definition) is 5. The van der Waals surface area contributed by atoms with Crippen LogP contribution in [0.25, 0.3) is 0 Å². The summed E-state index contributed by atoms with van der Waals surface area (Å²) in [6.07, 6.45) is -0.570. The van der Waals surface area contributed by atoms with Gasteiger partial charge in [0.2, 0.25) is 0 Å². The van der Waals surface area contributed by atoms with Gasteiger partial charge < -0.3 is 24.8 Å². The number of benzene rings is 1. The minimum Gasteiger partial charge on any atom is -0.444 e. The van der Waals surface area contributed by atoms with Crippen LogP contribution in [0.5, 0.6) is 0 Å². The van der Waals surface area contributed by atoms with Gasteiger partial charge in [0.1, 0.15) is 5.60 Å². The van der Waals surface area contributed by atoms with Crippen LogP contribution < -0.4 is 10.6 Å². The number of alkyl carbamates (subject to hydrolysis) is 1. The van der Waals surface area contributed by atoms with Crippen LogP contribution in [0.2, 0.25) is 0 Å². The van der Waals surface area contributed by atoms with Crippen molar-refractivity contribution in [3.8, 4) is 0 Å². The van der Waals surface area contributed by atoms with Crippen LogP contribution >= 0.6 is 0 Å². The molecule has 0 saturated carbocycles. The zero-order valence-electron chi connectivity index (χ0n) is 15.0. The van der Waals surface area contributed by atoms with Crippen LogP contribution in [-0.2, 0) is 20.8 Å². The normalized spacial score (nSPS) is 17.6. The van der Waals surface area contributed by atoms with Crippen molar-refractivity contribution >= 4 is 12.0 Å². The topological polar surface area (TPSA) is 85.9 Å². The Hall–Kier alpha value is -2.12. The maximum atomic E-state index is 12.1. The fourth-order valence-electron chi connectivity index (χ4n) is 2.23. The molecule has 1 heterocycles. The molecule has 0 spiro atoms. The van der Waals surface area contributed by atoms with Crippen LogP contribution in [0.1, 0.15) is 36.7 Å². The van der Waals surface area contributed by atoms with E-state index in [1.807, 2.05) is 20.8 Å². The minimum atomic E-state index is -0.529. The van der Waals surface area contributed by atoms with Crippen LogP contribution in [0, 0.1) is 0 Å². The first-order chi connectivity index (χ1) is 11.8. The molecule has 2 rings (SSSR count). The molecule has 1 aromatic carbocycles. The van der Waals surface area contributed by atoms with Gasteiger partial charge in [0.15, 0.2) is 0 Å². The second kappa shape index (κ2) is 8.82. The van der Waals surface area contributed by atoms with E-state index in [1.54, 1.807) is 24.3 Å². The highest BCUT2D eigenvalue weighted by Gasteiger charge is 2.17. The number of ether oxygens (including phenoxy) is 3. The highest BCUT2D eigenvalue weighted by molar-refractivity contribution is 5.94. The fourth-order valence-corrected chi connectivity index (χ4v) is 2.23. The van der Waals surface area contributed by atoms with E-state index in [9.17, 15) is 9.59 Å². The zero-order chi connectivity index (χ0) is 18.3. The quantitative estimate of drug-likeness (QED) is 0.846. The van der Waals surface area contributed by atoms with Gasteiger partial charge in [-0.15, -0.1) is 0 Å². The lowest BCUT2D eigenvalue weighted by Gasteiger charge is -2.23. The molecule has 1 saturated heterocycles. The van der Waals surface area contributed by atoms with Crippen molar-refractivity contribution in [1.29, 1.82) is 0 Å². The molecule has 0 aliphatic carbocycles. The summed E-state index contributed by atoms with van der Waals surface area (Å²) in [5.41, 5.74) is 0.906. The predicted molar refractivity (Wildman–Crippen MR) is 92.4 cm³/mol. The third-order valence-corrected chi connectivity index (χ3v) is 3.43. The first-order valence-electron chi connectivity index (χ1n) is 8.37. The minimum absolute atomic E-state index is 0.102. The van der Waals surface area contributed by atoms with Crippen molar-refractivity contribution in [2.24, 2.45) is 0 Å². The second-order valence-corrected chi connectivity index (χ2v) is 6.83. The number of amides is 2. The van der Waals surface area contributed by atoms with Crippen LogP contribution in [-0.4, -0.2) is 50.1 Å². The first kappa shape index (κ1) is 19.2. The molecule has 0 unspecified atom stereocenters. The number of carbonyl (C=O) groups excluding carboxylic acids is 2. The van der Waals surface area contributed by atoms with E-state index in [0.717, 1.165) is 5.56 Å². The first-order valence-corrected chi connectivity index (χ1v) is 8.37. The Bertz CT molecular complexity index is 574. The maximum Gasteiger partial charge on any atom is 0.407 e. The fraction of sp³-hybridized carbons (Fsp3) is 0.556. The lowest BCUT2D eigenvalue weighted by molar-refractivity contribution is -0.0855. The molecule has 7 heteroatoms.